The van der Waals surface area contributed by atoms with Crippen molar-refractivity contribution in [3.63, 3.8) is 0 Å². The van der Waals surface area contributed by atoms with Gasteiger partial charge in [-0.2, -0.15) is 0 Å². The quantitative estimate of drug-likeness (QED) is 0.544. The van der Waals surface area contributed by atoms with Crippen molar-refractivity contribution in [2.45, 2.75) is 0 Å². The van der Waals surface area contributed by atoms with E-state index in [-0.39, 0.29) is 11.2 Å². The van der Waals surface area contributed by atoms with Crippen LogP contribution in [0.25, 0.3) is 0 Å². The zero-order chi connectivity index (χ0) is 8.59. The summed E-state index contributed by atoms with van der Waals surface area (Å²) in [5, 5.41) is 8.66. The molecule has 0 radical (unpaired) electrons. The maximum Gasteiger partial charge on any atom is 0.133 e. The molecule has 1 aromatic heterocycles. The van der Waals surface area contributed by atoms with Crippen molar-refractivity contribution >= 4 is 11.6 Å². The number of aromatic nitrogens is 1. The predicted octanol–water partition coefficient (Wildman–Crippen LogP) is 1.44. The van der Waals surface area contributed by atoms with Gasteiger partial charge in [-0.15, -0.1) is 0 Å². The summed E-state index contributed by atoms with van der Waals surface area (Å²) in [5.74, 6) is -0.612. The van der Waals surface area contributed by atoms with Crippen LogP contribution >= 0.6 is 11.6 Å². The van der Waals surface area contributed by atoms with E-state index in [0.29, 0.717) is 0 Å². The number of rotatable bonds is 0. The predicted molar refractivity (Wildman–Crippen MR) is 30.9 cm³/mol. The Balaban J connectivity index is 3.46. The average Bonchev–Trinajstić information content (AvgIpc) is 1.97. The highest BCUT2D eigenvalue weighted by Crippen LogP contribution is 2.08. The first kappa shape index (κ1) is 2.69. The van der Waals surface area contributed by atoms with Crippen LogP contribution in [0.15, 0.2) is 18.3 Å². The van der Waals surface area contributed by atoms with Gasteiger partial charge in [-0.05, 0) is 12.1 Å². The Bertz CT molecular complexity index is 278. The van der Waals surface area contributed by atoms with Crippen molar-refractivity contribution < 1.29 is 9.22 Å². The zero-order valence-electron chi connectivity index (χ0n) is 6.77. The zero-order valence-corrected chi connectivity index (χ0v) is 4.53. The minimum Gasteiger partial charge on any atom is -0.506 e. The maximum absolute atomic E-state index is 8.90. The van der Waals surface area contributed by atoms with Crippen molar-refractivity contribution in [3.8, 4) is 5.75 Å². The Morgan fingerprint density at radius 2 is 2.50 bits per heavy atom. The summed E-state index contributed by atoms with van der Waals surface area (Å²) in [6.07, 6.45) is -0.476. The molecule has 0 bridgehead atoms. The molecule has 1 N–H and O–H groups in total. The number of hydrogen-bond acceptors (Lipinski definition) is 2. The number of aromatic hydroxyl groups is 1. The third kappa shape index (κ3) is 1.10. The van der Waals surface area contributed by atoms with Gasteiger partial charge in [0.2, 0.25) is 0 Å². The molecule has 0 saturated carbocycles. The van der Waals surface area contributed by atoms with Crippen LogP contribution in [0.3, 0.4) is 0 Å². The normalized spacial score (nSPS) is 14.4. The summed E-state index contributed by atoms with van der Waals surface area (Å²) < 4.78 is 21.0. The standard InChI is InChI=1S/C5H4ClNO/c6-5-2-1-4(8)3-7-5/h1-3,8H/i1D,2D,3D,7+1. The summed E-state index contributed by atoms with van der Waals surface area (Å²) >= 11 is 5.34. The van der Waals surface area contributed by atoms with Crippen molar-refractivity contribution in [1.82, 2.24) is 4.98 Å². The van der Waals surface area contributed by atoms with Crippen LogP contribution in [-0.4, -0.2) is 10.1 Å². The summed E-state index contributed by atoms with van der Waals surface area (Å²) in [4.78, 5) is 3.31. The van der Waals surface area contributed by atoms with Crippen molar-refractivity contribution in [1.29, 1.82) is 0 Å². The largest absolute Gasteiger partial charge is 0.506 e. The number of pyridine rings is 1. The lowest BCUT2D eigenvalue weighted by Crippen LogP contribution is -1.69. The second-order valence-corrected chi connectivity index (χ2v) is 1.47. The van der Waals surface area contributed by atoms with E-state index in [9.17, 15) is 0 Å². The van der Waals surface area contributed by atoms with Gasteiger partial charge in [-0.25, -0.2) is 4.98 Å². The summed E-state index contributed by atoms with van der Waals surface area (Å²) in [6.45, 7) is 0. The van der Waals surface area contributed by atoms with Crippen LogP contribution in [-0.2, 0) is 0 Å². The molecule has 8 heavy (non-hydrogen) atoms. The van der Waals surface area contributed by atoms with Crippen molar-refractivity contribution in [2.75, 3.05) is 0 Å². The van der Waals surface area contributed by atoms with Crippen LogP contribution < -0.4 is 0 Å². The first-order valence-corrected chi connectivity index (χ1v) is 2.24. The Labute approximate surface area is 56.0 Å². The molecular formula is C5H4ClNO. The summed E-state index contributed by atoms with van der Waals surface area (Å²) in [7, 11) is 0. The molecule has 3 heteroatoms. The lowest BCUT2D eigenvalue weighted by Gasteiger charge is -1.86. The molecule has 1 heterocycles. The van der Waals surface area contributed by atoms with E-state index in [0.717, 1.165) is 0 Å². The fraction of sp³-hybridized carbons (Fsp3) is 0. The van der Waals surface area contributed by atoms with E-state index in [1.54, 1.807) is 0 Å². The van der Waals surface area contributed by atoms with E-state index in [1.807, 2.05) is 0 Å². The van der Waals surface area contributed by atoms with Gasteiger partial charge in [0, 0.05) is 0 Å². The third-order valence-electron chi connectivity index (χ3n) is 0.544. The Hall–Kier alpha value is -0.760. The van der Waals surface area contributed by atoms with E-state index in [2.05, 4.69) is 4.98 Å². The third-order valence-corrected chi connectivity index (χ3v) is 0.723. The highest BCUT2D eigenvalue weighted by Gasteiger charge is 1.85. The fourth-order valence-electron chi connectivity index (χ4n) is 0.269. The van der Waals surface area contributed by atoms with E-state index in [1.165, 1.54) is 0 Å². The van der Waals surface area contributed by atoms with Crippen molar-refractivity contribution in [3.05, 3.63) is 23.4 Å². The minimum absolute atomic E-state index is 0.238. The van der Waals surface area contributed by atoms with Gasteiger partial charge in [-0.1, -0.05) is 11.6 Å². The Morgan fingerprint density at radius 3 is 3.25 bits per heavy atom. The van der Waals surface area contributed by atoms with Crippen LogP contribution in [0.1, 0.15) is 4.11 Å². The smallest absolute Gasteiger partial charge is 0.133 e. The molecule has 0 aliphatic heterocycles. The lowest BCUT2D eigenvalue weighted by molar-refractivity contribution is 0.472. The maximum atomic E-state index is 8.90. The molecule has 0 amide bonds. The number of hydrogen-bond donors (Lipinski definition) is 1. The Morgan fingerprint density at radius 1 is 1.75 bits per heavy atom. The topological polar surface area (TPSA) is 33.1 Å². The van der Waals surface area contributed by atoms with Gasteiger partial charge in [0.1, 0.15) is 10.9 Å². The molecule has 0 saturated heterocycles. The van der Waals surface area contributed by atoms with Crippen LogP contribution in [0.5, 0.6) is 5.75 Å². The molecule has 42 valence electrons. The molecule has 0 atom stereocenters. The van der Waals surface area contributed by atoms with Crippen LogP contribution in [0.4, 0.5) is 0 Å². The van der Waals surface area contributed by atoms with Gasteiger partial charge in [-0.3, -0.25) is 0 Å². The second-order valence-electron chi connectivity index (χ2n) is 1.11. The number of nitrogens with zero attached hydrogens (tertiary/aromatic N) is 1. The highest BCUT2D eigenvalue weighted by atomic mass is 35.5. The van der Waals surface area contributed by atoms with E-state index in [4.69, 9.17) is 20.8 Å². The first-order valence-electron chi connectivity index (χ1n) is 3.36. The number of halogens is 1. The molecule has 0 aromatic carbocycles. The van der Waals surface area contributed by atoms with Crippen LogP contribution in [0.2, 0.25) is 5.15 Å². The minimum atomic E-state index is -0.612. The van der Waals surface area contributed by atoms with Gasteiger partial charge in [0.15, 0.2) is 0 Å². The van der Waals surface area contributed by atoms with Gasteiger partial charge >= 0.3 is 0 Å². The van der Waals surface area contributed by atoms with E-state index < -0.39 is 18.0 Å². The average molecular weight is 134 g/mol. The molecule has 0 spiro atoms. The van der Waals surface area contributed by atoms with Crippen LogP contribution in [0, 0.1) is 0 Å². The molecular weight excluding hydrogens is 127 g/mol. The second kappa shape index (κ2) is 2.01. The summed E-state index contributed by atoms with van der Waals surface area (Å²) in [6, 6.07) is -0.824. The van der Waals surface area contributed by atoms with Gasteiger partial charge in [0.25, 0.3) is 0 Å². The molecule has 0 aliphatic rings. The van der Waals surface area contributed by atoms with Gasteiger partial charge in [0.05, 0.1) is 10.3 Å². The first-order chi connectivity index (χ1) is 5.04. The molecule has 0 fully saturated rings. The lowest BCUT2D eigenvalue weighted by atomic mass is 10.5. The molecule has 1 rings (SSSR count). The van der Waals surface area contributed by atoms with E-state index >= 15 is 0 Å². The fourth-order valence-corrected chi connectivity index (χ4v) is 0.358. The Kier molecular flexibility index (Phi) is 0.674. The monoisotopic (exact) mass is 133 g/mol. The molecule has 2 nitrogen and oxygen atoms in total. The van der Waals surface area contributed by atoms with Gasteiger partial charge < -0.3 is 5.11 Å². The molecule has 0 unspecified atom stereocenters. The summed E-state index contributed by atoms with van der Waals surface area (Å²) in [5.41, 5.74) is 0. The molecule has 1 aromatic rings. The highest BCUT2D eigenvalue weighted by molar-refractivity contribution is 6.29. The SMILES string of the molecule is [2H]c1[15n]c(Cl)c([2H])c([2H])c1O. The van der Waals surface area contributed by atoms with Crippen molar-refractivity contribution in [2.24, 2.45) is 0 Å². The molecule has 0 aliphatic carbocycles.